The minimum atomic E-state index is 0.455. The Labute approximate surface area is 164 Å². The number of hydrogen-bond donors (Lipinski definition) is 2. The molecule has 144 valence electrons. The second kappa shape index (κ2) is 9.58. The summed E-state index contributed by atoms with van der Waals surface area (Å²) in [5, 5.41) is 17.6. The fourth-order valence-corrected chi connectivity index (χ4v) is 3.33. The fourth-order valence-electron chi connectivity index (χ4n) is 3.33. The van der Waals surface area contributed by atoms with Crippen molar-refractivity contribution in [3.63, 3.8) is 0 Å². The smallest absolute Gasteiger partial charge is 0.0955 e. The molecule has 0 fully saturated rings. The number of nitrogens with one attached hydrogen (secondary N) is 2. The zero-order valence-electron chi connectivity index (χ0n) is 16.1. The second-order valence-corrected chi connectivity index (χ2v) is 6.54. The molecule has 1 heterocycles. The number of amidine groups is 1. The van der Waals surface area contributed by atoms with Gasteiger partial charge in [0, 0.05) is 48.3 Å². The van der Waals surface area contributed by atoms with Crippen LogP contribution in [0.3, 0.4) is 0 Å². The second-order valence-electron chi connectivity index (χ2n) is 6.54. The quantitative estimate of drug-likeness (QED) is 0.102. The minimum absolute atomic E-state index is 0.455. The van der Waals surface area contributed by atoms with Crippen LogP contribution in [-0.4, -0.2) is 41.9 Å². The molecule has 0 saturated heterocycles. The molecule has 7 heteroatoms. The number of pyridine rings is 1. The van der Waals surface area contributed by atoms with Crippen molar-refractivity contribution in [3.05, 3.63) is 59.0 Å². The fraction of sp³-hybridized carbons (Fsp3) is 0.333. The van der Waals surface area contributed by atoms with Crippen molar-refractivity contribution in [2.24, 2.45) is 5.11 Å². The molecular weight excluding hydrogens is 350 g/mol. The van der Waals surface area contributed by atoms with Crippen LogP contribution in [0.2, 0.25) is 0 Å². The van der Waals surface area contributed by atoms with E-state index in [1.807, 2.05) is 48.2 Å². The number of azide groups is 1. The molecule has 0 spiro atoms. The first-order valence-electron chi connectivity index (χ1n) is 9.59. The average molecular weight is 375 g/mol. The van der Waals surface area contributed by atoms with Gasteiger partial charge in [0.2, 0.25) is 0 Å². The molecule has 0 aliphatic heterocycles. The highest BCUT2D eigenvalue weighted by atomic mass is 15.2. The lowest BCUT2D eigenvalue weighted by Gasteiger charge is -2.25. The van der Waals surface area contributed by atoms with Gasteiger partial charge in [0.15, 0.2) is 0 Å². The normalized spacial score (nSPS) is 10.6. The molecule has 2 aromatic carbocycles. The lowest BCUT2D eigenvalue weighted by molar-refractivity contribution is 0.416. The topological polar surface area (TPSA) is 101 Å². The van der Waals surface area contributed by atoms with Gasteiger partial charge in [-0.3, -0.25) is 5.41 Å². The van der Waals surface area contributed by atoms with E-state index in [0.717, 1.165) is 33.9 Å². The molecule has 0 aliphatic carbocycles. The van der Waals surface area contributed by atoms with E-state index in [2.05, 4.69) is 27.5 Å². The van der Waals surface area contributed by atoms with Gasteiger partial charge in [-0.05, 0) is 24.1 Å². The van der Waals surface area contributed by atoms with Crippen LogP contribution in [0.15, 0.2) is 53.6 Å². The van der Waals surface area contributed by atoms with E-state index in [4.69, 9.17) is 15.9 Å². The molecule has 0 radical (unpaired) electrons. The maximum absolute atomic E-state index is 8.41. The Bertz CT molecular complexity index is 954. The molecule has 28 heavy (non-hydrogen) atoms. The van der Waals surface area contributed by atoms with E-state index in [-0.39, 0.29) is 0 Å². The molecular formula is C21H25N7. The summed E-state index contributed by atoms with van der Waals surface area (Å²) < 4.78 is 0. The Morgan fingerprint density at radius 2 is 1.75 bits per heavy atom. The Hall–Kier alpha value is -3.31. The lowest BCUT2D eigenvalue weighted by atomic mass is 10.1. The van der Waals surface area contributed by atoms with E-state index in [1.165, 1.54) is 0 Å². The zero-order chi connectivity index (χ0) is 19.8. The van der Waals surface area contributed by atoms with Crippen LogP contribution in [-0.2, 0) is 0 Å². The lowest BCUT2D eigenvalue weighted by Crippen LogP contribution is -2.35. The number of nitrogens with zero attached hydrogens (tertiary/aromatic N) is 5. The van der Waals surface area contributed by atoms with E-state index in [1.54, 1.807) is 0 Å². The molecule has 2 N–H and O–H groups in total. The summed E-state index contributed by atoms with van der Waals surface area (Å²) in [6.07, 6.45) is 1.43. The van der Waals surface area contributed by atoms with Gasteiger partial charge >= 0.3 is 0 Å². The summed E-state index contributed by atoms with van der Waals surface area (Å²) in [4.78, 5) is 9.60. The van der Waals surface area contributed by atoms with Crippen molar-refractivity contribution in [1.29, 1.82) is 5.41 Å². The first kappa shape index (κ1) is 19.5. The maximum atomic E-state index is 8.41. The highest BCUT2D eigenvalue weighted by molar-refractivity contribution is 6.07. The minimum Gasteiger partial charge on any atom is -0.382 e. The Balaban J connectivity index is 1.77. The third-order valence-corrected chi connectivity index (χ3v) is 4.74. The highest BCUT2D eigenvalue weighted by Crippen LogP contribution is 2.30. The summed E-state index contributed by atoms with van der Waals surface area (Å²) in [5.74, 6) is 0.604. The number of rotatable bonds is 9. The van der Waals surface area contributed by atoms with E-state index >= 15 is 0 Å². The summed E-state index contributed by atoms with van der Waals surface area (Å²) in [6.45, 7) is 4.58. The zero-order valence-corrected chi connectivity index (χ0v) is 16.1. The van der Waals surface area contributed by atoms with Gasteiger partial charge in [-0.2, -0.15) is 0 Å². The largest absolute Gasteiger partial charge is 0.382 e. The predicted molar refractivity (Wildman–Crippen MR) is 116 cm³/mol. The summed E-state index contributed by atoms with van der Waals surface area (Å²) in [6, 6.07) is 16.3. The highest BCUT2D eigenvalue weighted by Gasteiger charge is 2.10. The summed E-state index contributed by atoms with van der Waals surface area (Å²) >= 11 is 0. The number of benzene rings is 2. The van der Waals surface area contributed by atoms with Crippen molar-refractivity contribution < 1.29 is 0 Å². The average Bonchev–Trinajstić information content (AvgIpc) is 2.74. The van der Waals surface area contributed by atoms with Crippen molar-refractivity contribution in [3.8, 4) is 0 Å². The van der Waals surface area contributed by atoms with E-state index < -0.39 is 0 Å². The SMILES string of the molecule is CCC(=N)N(CCCN=[N+]=[N-])CCNc1c2ccccc2nc2ccccc12. The summed E-state index contributed by atoms with van der Waals surface area (Å²) in [7, 11) is 0. The van der Waals surface area contributed by atoms with Crippen molar-refractivity contribution >= 4 is 33.3 Å². The van der Waals surface area contributed by atoms with Gasteiger partial charge in [0.25, 0.3) is 0 Å². The Morgan fingerprint density at radius 1 is 1.11 bits per heavy atom. The standard InChI is InChI=1S/C21H25N7/c1-2-20(22)28(14-7-12-25-27-23)15-13-24-21-16-8-3-5-10-18(16)26-19-11-6-4-9-17(19)21/h3-6,8-11,22H,2,7,12-15H2,1H3,(H,24,26). The van der Waals surface area contributed by atoms with Gasteiger partial charge in [0.05, 0.1) is 22.6 Å². The van der Waals surface area contributed by atoms with Gasteiger partial charge in [-0.15, -0.1) is 0 Å². The number of para-hydroxylation sites is 2. The molecule has 7 nitrogen and oxygen atoms in total. The third kappa shape index (κ3) is 4.50. The van der Waals surface area contributed by atoms with Gasteiger partial charge < -0.3 is 10.2 Å². The van der Waals surface area contributed by atoms with Crippen LogP contribution in [0, 0.1) is 5.41 Å². The number of fused-ring (bicyclic) bond motifs is 2. The third-order valence-electron chi connectivity index (χ3n) is 4.74. The Kier molecular flexibility index (Phi) is 6.65. The van der Waals surface area contributed by atoms with Crippen LogP contribution in [0.5, 0.6) is 0 Å². The number of aromatic nitrogens is 1. The van der Waals surface area contributed by atoms with Crippen LogP contribution in [0.25, 0.3) is 32.2 Å². The molecule has 0 amide bonds. The van der Waals surface area contributed by atoms with Crippen LogP contribution in [0.4, 0.5) is 5.69 Å². The van der Waals surface area contributed by atoms with Crippen molar-refractivity contribution in [2.75, 3.05) is 31.5 Å². The summed E-state index contributed by atoms with van der Waals surface area (Å²) in [5.41, 5.74) is 11.4. The van der Waals surface area contributed by atoms with Crippen LogP contribution >= 0.6 is 0 Å². The van der Waals surface area contributed by atoms with Gasteiger partial charge in [-0.25, -0.2) is 4.98 Å². The van der Waals surface area contributed by atoms with Gasteiger partial charge in [-0.1, -0.05) is 48.4 Å². The van der Waals surface area contributed by atoms with Crippen molar-refractivity contribution in [2.45, 2.75) is 19.8 Å². The molecule has 3 rings (SSSR count). The van der Waals surface area contributed by atoms with Crippen LogP contribution in [0.1, 0.15) is 19.8 Å². The van der Waals surface area contributed by atoms with E-state index in [0.29, 0.717) is 38.4 Å². The first-order valence-corrected chi connectivity index (χ1v) is 9.59. The molecule has 3 aromatic rings. The maximum Gasteiger partial charge on any atom is 0.0955 e. The number of hydrogen-bond acceptors (Lipinski definition) is 4. The monoisotopic (exact) mass is 375 g/mol. The number of anilines is 1. The van der Waals surface area contributed by atoms with Crippen molar-refractivity contribution in [1.82, 2.24) is 9.88 Å². The van der Waals surface area contributed by atoms with Gasteiger partial charge in [0.1, 0.15) is 0 Å². The molecule has 0 bridgehead atoms. The molecule has 0 atom stereocenters. The molecule has 0 aliphatic rings. The van der Waals surface area contributed by atoms with Crippen LogP contribution < -0.4 is 5.32 Å². The first-order chi connectivity index (χ1) is 13.7. The van der Waals surface area contributed by atoms with E-state index in [9.17, 15) is 0 Å². The predicted octanol–water partition coefficient (Wildman–Crippen LogP) is 5.19. The molecule has 0 unspecified atom stereocenters. The Morgan fingerprint density at radius 3 is 2.36 bits per heavy atom. The molecule has 0 saturated carbocycles. The molecule has 1 aromatic heterocycles.